The smallest absolute Gasteiger partial charge is 0.123 e. The third-order valence-electron chi connectivity index (χ3n) is 2.56. The molecule has 0 N–H and O–H groups in total. The molecule has 0 aliphatic carbocycles. The molecule has 0 bridgehead atoms. The third-order valence-corrected chi connectivity index (χ3v) is 2.56. The van der Waals surface area contributed by atoms with Gasteiger partial charge in [0.2, 0.25) is 0 Å². The Morgan fingerprint density at radius 3 is 1.62 bits per heavy atom. The maximum atomic E-state index is 12.8. The highest BCUT2D eigenvalue weighted by Crippen LogP contribution is 2.22. The van der Waals surface area contributed by atoms with E-state index in [4.69, 9.17) is 0 Å². The molecule has 2 heteroatoms. The summed E-state index contributed by atoms with van der Waals surface area (Å²) in [6.45, 7) is 0. The van der Waals surface area contributed by atoms with Gasteiger partial charge in [0.1, 0.15) is 5.82 Å². The van der Waals surface area contributed by atoms with E-state index < -0.39 is 0 Å². The predicted octanol–water partition coefficient (Wildman–Crippen LogP) is 3.56. The van der Waals surface area contributed by atoms with Crippen molar-refractivity contribution >= 4 is 5.69 Å². The molecule has 0 atom stereocenters. The van der Waals surface area contributed by atoms with Crippen LogP contribution in [0.3, 0.4) is 0 Å². The van der Waals surface area contributed by atoms with Crippen molar-refractivity contribution in [3.05, 3.63) is 54.3 Å². The summed E-state index contributed by atoms with van der Waals surface area (Å²) in [5.74, 6) is -0.200. The Morgan fingerprint density at radius 1 is 0.750 bits per heavy atom. The van der Waals surface area contributed by atoms with Crippen molar-refractivity contribution in [2.24, 2.45) is 0 Å². The van der Waals surface area contributed by atoms with Crippen molar-refractivity contribution in [1.82, 2.24) is 0 Å². The Kier molecular flexibility index (Phi) is 2.91. The average molecular weight is 215 g/mol. The molecular weight excluding hydrogens is 201 g/mol. The molecule has 1 nitrogen and oxygen atoms in total. The van der Waals surface area contributed by atoms with Gasteiger partial charge in [-0.3, -0.25) is 0 Å². The van der Waals surface area contributed by atoms with Gasteiger partial charge in [0.15, 0.2) is 0 Å². The second-order valence-corrected chi connectivity index (χ2v) is 3.95. The largest absolute Gasteiger partial charge is 0.378 e. The van der Waals surface area contributed by atoms with E-state index in [1.165, 1.54) is 12.1 Å². The van der Waals surface area contributed by atoms with Crippen molar-refractivity contribution in [2.45, 2.75) is 0 Å². The topological polar surface area (TPSA) is 3.24 Å². The quantitative estimate of drug-likeness (QED) is 0.740. The lowest BCUT2D eigenvalue weighted by molar-refractivity contribution is 0.628. The molecule has 2 aromatic carbocycles. The fourth-order valence-electron chi connectivity index (χ4n) is 1.59. The van der Waals surface area contributed by atoms with Crippen LogP contribution in [0.25, 0.3) is 11.1 Å². The van der Waals surface area contributed by atoms with E-state index in [0.29, 0.717) is 0 Å². The molecule has 0 spiro atoms. The summed E-state index contributed by atoms with van der Waals surface area (Å²) in [5.41, 5.74) is 3.29. The summed E-state index contributed by atoms with van der Waals surface area (Å²) >= 11 is 0. The highest BCUT2D eigenvalue weighted by Gasteiger charge is 1.99. The fraction of sp³-hybridized carbons (Fsp3) is 0.143. The molecule has 0 aliphatic heterocycles. The zero-order chi connectivity index (χ0) is 11.5. The lowest BCUT2D eigenvalue weighted by Gasteiger charge is -2.12. The van der Waals surface area contributed by atoms with Crippen molar-refractivity contribution in [2.75, 3.05) is 19.0 Å². The van der Waals surface area contributed by atoms with Gasteiger partial charge in [-0.05, 0) is 35.4 Å². The van der Waals surface area contributed by atoms with Gasteiger partial charge in [-0.25, -0.2) is 4.39 Å². The third kappa shape index (κ3) is 2.22. The van der Waals surface area contributed by atoms with E-state index in [9.17, 15) is 4.39 Å². The maximum Gasteiger partial charge on any atom is 0.123 e. The molecule has 2 aromatic rings. The zero-order valence-corrected chi connectivity index (χ0v) is 9.44. The minimum atomic E-state index is -0.200. The number of hydrogen-bond acceptors (Lipinski definition) is 1. The van der Waals surface area contributed by atoms with Crippen LogP contribution in [0.4, 0.5) is 10.1 Å². The van der Waals surface area contributed by atoms with Gasteiger partial charge in [-0.1, -0.05) is 24.3 Å². The first-order valence-corrected chi connectivity index (χ1v) is 5.20. The van der Waals surface area contributed by atoms with Gasteiger partial charge in [0, 0.05) is 19.8 Å². The summed E-state index contributed by atoms with van der Waals surface area (Å²) < 4.78 is 12.8. The Hall–Kier alpha value is -1.83. The molecule has 0 unspecified atom stereocenters. The zero-order valence-electron chi connectivity index (χ0n) is 9.44. The first-order valence-electron chi connectivity index (χ1n) is 5.20. The molecule has 0 amide bonds. The Morgan fingerprint density at radius 2 is 1.19 bits per heavy atom. The molecule has 0 aromatic heterocycles. The van der Waals surface area contributed by atoms with Gasteiger partial charge >= 0.3 is 0 Å². The monoisotopic (exact) mass is 215 g/mol. The van der Waals surface area contributed by atoms with Crippen LogP contribution in [0.5, 0.6) is 0 Å². The number of hydrogen-bond donors (Lipinski definition) is 0. The molecule has 0 aliphatic rings. The summed E-state index contributed by atoms with van der Waals surface area (Å²) in [5, 5.41) is 0. The Bertz CT molecular complexity index is 457. The molecule has 0 saturated carbocycles. The van der Waals surface area contributed by atoms with Crippen molar-refractivity contribution < 1.29 is 4.39 Å². The average Bonchev–Trinajstić information content (AvgIpc) is 2.30. The highest BCUT2D eigenvalue weighted by atomic mass is 19.1. The molecule has 2 rings (SSSR count). The molecule has 0 radical (unpaired) electrons. The number of halogens is 1. The van der Waals surface area contributed by atoms with Crippen LogP contribution >= 0.6 is 0 Å². The summed E-state index contributed by atoms with van der Waals surface area (Å²) in [6.07, 6.45) is 0. The van der Waals surface area contributed by atoms with Crippen LogP contribution in [0.2, 0.25) is 0 Å². The van der Waals surface area contributed by atoms with Crippen molar-refractivity contribution in [1.29, 1.82) is 0 Å². The Labute approximate surface area is 95.1 Å². The van der Waals surface area contributed by atoms with E-state index in [0.717, 1.165) is 16.8 Å². The van der Waals surface area contributed by atoms with Gasteiger partial charge in [-0.15, -0.1) is 0 Å². The van der Waals surface area contributed by atoms with Crippen LogP contribution in [0.1, 0.15) is 0 Å². The summed E-state index contributed by atoms with van der Waals surface area (Å²) in [4.78, 5) is 2.05. The van der Waals surface area contributed by atoms with Crippen molar-refractivity contribution in [3.8, 4) is 11.1 Å². The van der Waals surface area contributed by atoms with Gasteiger partial charge in [-0.2, -0.15) is 0 Å². The molecule has 0 fully saturated rings. The van der Waals surface area contributed by atoms with E-state index in [-0.39, 0.29) is 5.82 Å². The van der Waals surface area contributed by atoms with Crippen LogP contribution in [0.15, 0.2) is 48.5 Å². The number of benzene rings is 2. The van der Waals surface area contributed by atoms with E-state index in [1.54, 1.807) is 12.1 Å². The standard InChI is InChI=1S/C14H14FN/c1-16(2)14-9-5-12(6-10-14)11-3-7-13(15)8-4-11/h3-10H,1-2H3. The molecule has 16 heavy (non-hydrogen) atoms. The summed E-state index contributed by atoms with van der Waals surface area (Å²) in [7, 11) is 4.01. The van der Waals surface area contributed by atoms with Crippen molar-refractivity contribution in [3.63, 3.8) is 0 Å². The number of anilines is 1. The molecular formula is C14H14FN. The van der Waals surface area contributed by atoms with E-state index >= 15 is 0 Å². The van der Waals surface area contributed by atoms with E-state index in [1.807, 2.05) is 26.2 Å². The number of rotatable bonds is 2. The minimum absolute atomic E-state index is 0.200. The highest BCUT2D eigenvalue weighted by molar-refractivity contribution is 5.66. The second kappa shape index (κ2) is 4.35. The van der Waals surface area contributed by atoms with Crippen LogP contribution < -0.4 is 4.90 Å². The predicted molar refractivity (Wildman–Crippen MR) is 66.2 cm³/mol. The van der Waals surface area contributed by atoms with E-state index in [2.05, 4.69) is 17.0 Å². The minimum Gasteiger partial charge on any atom is -0.378 e. The van der Waals surface area contributed by atoms with Gasteiger partial charge in [0.05, 0.1) is 0 Å². The Balaban J connectivity index is 2.31. The first kappa shape index (κ1) is 10.7. The molecule has 0 heterocycles. The SMILES string of the molecule is CN(C)c1ccc(-c2ccc(F)cc2)cc1. The van der Waals surface area contributed by atoms with Crippen LogP contribution in [-0.4, -0.2) is 14.1 Å². The second-order valence-electron chi connectivity index (χ2n) is 3.95. The molecule has 0 saturated heterocycles. The first-order chi connectivity index (χ1) is 7.66. The maximum absolute atomic E-state index is 12.8. The number of nitrogens with zero attached hydrogens (tertiary/aromatic N) is 1. The lowest BCUT2D eigenvalue weighted by Crippen LogP contribution is -2.07. The fourth-order valence-corrected chi connectivity index (χ4v) is 1.59. The van der Waals surface area contributed by atoms with Gasteiger partial charge < -0.3 is 4.90 Å². The normalized spacial score (nSPS) is 10.2. The van der Waals surface area contributed by atoms with Crippen LogP contribution in [-0.2, 0) is 0 Å². The lowest BCUT2D eigenvalue weighted by atomic mass is 10.1. The van der Waals surface area contributed by atoms with Gasteiger partial charge in [0.25, 0.3) is 0 Å². The molecule has 82 valence electrons. The van der Waals surface area contributed by atoms with Crippen LogP contribution in [0, 0.1) is 5.82 Å². The summed E-state index contributed by atoms with van der Waals surface area (Å²) in [6, 6.07) is 14.7.